The number of rotatable bonds is 0. The van der Waals surface area contributed by atoms with Gasteiger partial charge in [0, 0.05) is 75.7 Å². The van der Waals surface area contributed by atoms with Gasteiger partial charge in [0.15, 0.2) is 5.65 Å². The van der Waals surface area contributed by atoms with Crippen LogP contribution in [0, 0.1) is 0 Å². The summed E-state index contributed by atoms with van der Waals surface area (Å²) >= 11 is 0. The normalized spacial score (nSPS) is 11.0. The molecule has 10 heteroatoms. The zero-order valence-electron chi connectivity index (χ0n) is 26.8. The van der Waals surface area contributed by atoms with Crippen molar-refractivity contribution < 1.29 is 19.5 Å². The first-order valence-electron chi connectivity index (χ1n) is 16.0. The molecule has 0 bridgehead atoms. The van der Waals surface area contributed by atoms with E-state index in [4.69, 9.17) is 9.97 Å². The molecule has 0 atom stereocenters. The summed E-state index contributed by atoms with van der Waals surface area (Å²) in [6.45, 7) is 0. The molecule has 8 heterocycles. The average molecular weight is 745 g/mol. The molecule has 0 aliphatic rings. The first kappa shape index (κ1) is 31.7. The van der Waals surface area contributed by atoms with Gasteiger partial charge in [-0.15, -0.1) is 0 Å². The predicted molar refractivity (Wildman–Crippen MR) is 200 cm³/mol. The molecule has 51 heavy (non-hydrogen) atoms. The molecule has 0 saturated heterocycles. The Morgan fingerprint density at radius 2 is 0.608 bits per heavy atom. The van der Waals surface area contributed by atoms with Crippen LogP contribution in [-0.2, 0) is 19.5 Å². The second kappa shape index (κ2) is 13.8. The van der Waals surface area contributed by atoms with E-state index in [1.54, 1.807) is 43.4 Å². The topological polar surface area (TPSA) is 116 Å². The van der Waals surface area contributed by atoms with Crippen LogP contribution in [0.2, 0.25) is 0 Å². The number of hydrogen-bond donors (Lipinski definition) is 0. The van der Waals surface area contributed by atoms with Gasteiger partial charge in [-0.3, -0.25) is 29.9 Å². The van der Waals surface area contributed by atoms with E-state index in [0.717, 1.165) is 82.0 Å². The van der Waals surface area contributed by atoms with E-state index in [1.807, 2.05) is 60.7 Å². The second-order valence-electron chi connectivity index (χ2n) is 11.5. The molecular weight excluding hydrogens is 720 g/mol. The van der Waals surface area contributed by atoms with Gasteiger partial charge in [-0.05, 0) is 60.7 Å². The summed E-state index contributed by atoms with van der Waals surface area (Å²) in [5, 5.41) is 6.46. The van der Waals surface area contributed by atoms with Crippen molar-refractivity contribution in [2.75, 3.05) is 0 Å². The number of benzene rings is 3. The van der Waals surface area contributed by atoms with Crippen LogP contribution in [0.15, 0.2) is 153 Å². The van der Waals surface area contributed by atoms with Crippen molar-refractivity contribution >= 4 is 87.6 Å². The number of pyridine rings is 7. The molecule has 0 saturated carbocycles. The van der Waals surface area contributed by atoms with E-state index in [2.05, 4.69) is 83.4 Å². The van der Waals surface area contributed by atoms with Crippen LogP contribution in [0.1, 0.15) is 0 Å². The third kappa shape index (κ3) is 5.92. The monoisotopic (exact) mass is 745 g/mol. The summed E-state index contributed by atoms with van der Waals surface area (Å²) in [5.74, 6) is 0. The van der Waals surface area contributed by atoms with Crippen molar-refractivity contribution in [1.29, 1.82) is 0 Å². The van der Waals surface area contributed by atoms with E-state index >= 15 is 0 Å². The maximum atomic E-state index is 4.76. The van der Waals surface area contributed by atoms with Gasteiger partial charge >= 0.3 is 19.5 Å². The zero-order valence-corrected chi connectivity index (χ0v) is 28.6. The summed E-state index contributed by atoms with van der Waals surface area (Å²) in [5.41, 5.74) is 8.68. The van der Waals surface area contributed by atoms with Gasteiger partial charge in [0.25, 0.3) is 0 Å². The van der Waals surface area contributed by atoms with Gasteiger partial charge in [-0.2, -0.15) is 0 Å². The van der Waals surface area contributed by atoms with E-state index in [1.165, 1.54) is 0 Å². The van der Waals surface area contributed by atoms with Gasteiger partial charge in [-0.25, -0.2) is 15.0 Å². The average Bonchev–Trinajstić information content (AvgIpc) is 3.21. The van der Waals surface area contributed by atoms with E-state index in [9.17, 15) is 0 Å². The molecule has 0 aliphatic heterocycles. The quantitative estimate of drug-likeness (QED) is 0.0853. The molecule has 0 amide bonds. The van der Waals surface area contributed by atoms with Crippen molar-refractivity contribution in [1.82, 2.24) is 44.9 Å². The minimum Gasteiger partial charge on any atom is -0.254 e. The first-order chi connectivity index (χ1) is 24.8. The Balaban J connectivity index is 0.000000114. The fraction of sp³-hybridized carbons (Fsp3) is 0. The van der Waals surface area contributed by atoms with E-state index < -0.39 is 0 Å². The van der Waals surface area contributed by atoms with Gasteiger partial charge in [-0.1, -0.05) is 48.5 Å². The third-order valence-electron chi connectivity index (χ3n) is 8.48. The van der Waals surface area contributed by atoms with Crippen LogP contribution in [0.25, 0.3) is 87.6 Å². The van der Waals surface area contributed by atoms with Crippen LogP contribution in [0.3, 0.4) is 0 Å². The maximum absolute atomic E-state index is 4.76. The summed E-state index contributed by atoms with van der Waals surface area (Å²) in [6.07, 6.45) is 12.5. The SMILES string of the molecule is [Ru+2].c1cnc2c(c1)ccc1cccnc12.c1cnc2c(c1)ccc1cccnc12.c1cnc2nc3c4cccnc4c4ncccc4c3nc2c1. The molecule has 0 aliphatic carbocycles. The van der Waals surface area contributed by atoms with Gasteiger partial charge < -0.3 is 0 Å². The third-order valence-corrected chi connectivity index (χ3v) is 8.48. The Hall–Kier alpha value is -6.51. The number of aromatic nitrogens is 9. The smallest absolute Gasteiger partial charge is 0.254 e. The largest absolute Gasteiger partial charge is 2.00 e. The van der Waals surface area contributed by atoms with E-state index in [-0.39, 0.29) is 19.5 Å². The fourth-order valence-corrected chi connectivity index (χ4v) is 6.20. The Labute approximate surface area is 303 Å². The summed E-state index contributed by atoms with van der Waals surface area (Å²) in [7, 11) is 0. The summed E-state index contributed by atoms with van der Waals surface area (Å²) < 4.78 is 0. The Morgan fingerprint density at radius 1 is 0.275 bits per heavy atom. The Morgan fingerprint density at radius 3 is 1.04 bits per heavy atom. The van der Waals surface area contributed by atoms with Crippen molar-refractivity contribution in [3.05, 3.63) is 153 Å². The summed E-state index contributed by atoms with van der Waals surface area (Å²) in [6, 6.07) is 35.9. The van der Waals surface area contributed by atoms with Crippen molar-refractivity contribution in [2.45, 2.75) is 0 Å². The molecule has 9 nitrogen and oxygen atoms in total. The van der Waals surface area contributed by atoms with Crippen molar-refractivity contribution in [2.24, 2.45) is 0 Å². The van der Waals surface area contributed by atoms with Crippen molar-refractivity contribution in [3.63, 3.8) is 0 Å². The maximum Gasteiger partial charge on any atom is 2.00 e. The van der Waals surface area contributed by atoms with E-state index in [0.29, 0.717) is 5.65 Å². The van der Waals surface area contributed by atoms with Crippen LogP contribution in [-0.4, -0.2) is 44.9 Å². The Kier molecular flexibility index (Phi) is 8.58. The molecule has 0 N–H and O–H groups in total. The first-order valence-corrected chi connectivity index (χ1v) is 16.0. The van der Waals surface area contributed by atoms with Gasteiger partial charge in [0.05, 0.1) is 38.6 Å². The predicted octanol–water partition coefficient (Wildman–Crippen LogP) is 8.84. The fourth-order valence-electron chi connectivity index (χ4n) is 6.20. The molecule has 240 valence electrons. The standard InChI is InChI=1S/C17H9N5.2C12H8N2.Ru/c1-4-10-13(18-7-1)14-11(5-2-8-19-14)16-15(10)21-12-6-3-9-20-17(12)22-16;2*1-3-9-5-6-10-4-2-8-14-12(10)11(9)13-7-1;/h1-9H;2*1-8H;/q;;;+2. The molecule has 0 spiro atoms. The summed E-state index contributed by atoms with van der Waals surface area (Å²) in [4.78, 5) is 40.2. The molecule has 11 rings (SSSR count). The molecule has 11 aromatic rings. The zero-order chi connectivity index (χ0) is 33.3. The molecule has 0 unspecified atom stereocenters. The van der Waals surface area contributed by atoms with Crippen LogP contribution < -0.4 is 0 Å². The number of nitrogens with zero attached hydrogens (tertiary/aromatic N) is 9. The second-order valence-corrected chi connectivity index (χ2v) is 11.5. The minimum absolute atomic E-state index is 0. The molecule has 0 radical (unpaired) electrons. The van der Waals surface area contributed by atoms with Crippen LogP contribution in [0.5, 0.6) is 0 Å². The van der Waals surface area contributed by atoms with Crippen LogP contribution >= 0.6 is 0 Å². The molecule has 8 aromatic heterocycles. The van der Waals surface area contributed by atoms with Crippen molar-refractivity contribution in [3.8, 4) is 0 Å². The molecule has 0 fully saturated rings. The molecular formula is C41H25N9Ru+2. The van der Waals surface area contributed by atoms with Gasteiger partial charge in [0.2, 0.25) is 0 Å². The van der Waals surface area contributed by atoms with Crippen LogP contribution in [0.4, 0.5) is 0 Å². The minimum atomic E-state index is 0. The Bertz CT molecular complexity index is 2710. The number of hydrogen-bond acceptors (Lipinski definition) is 9. The van der Waals surface area contributed by atoms with Gasteiger partial charge in [0.1, 0.15) is 11.0 Å². The molecule has 3 aromatic carbocycles. The number of fused-ring (bicyclic) bond motifs is 13.